The van der Waals surface area contributed by atoms with Crippen LogP contribution in [0.25, 0.3) is 0 Å². The summed E-state index contributed by atoms with van der Waals surface area (Å²) in [5.74, 6) is -1.09. The summed E-state index contributed by atoms with van der Waals surface area (Å²) in [6.07, 6.45) is 6.60. The highest BCUT2D eigenvalue weighted by molar-refractivity contribution is 6.01. The first-order valence-electron chi connectivity index (χ1n) is 15.4. The van der Waals surface area contributed by atoms with Crippen LogP contribution in [0, 0.1) is 28.9 Å². The Balaban J connectivity index is 1.02. The first-order chi connectivity index (χ1) is 19.9. The Morgan fingerprint density at radius 2 is 1.67 bits per heavy atom. The van der Waals surface area contributed by atoms with Gasteiger partial charge in [-0.05, 0) is 108 Å². The van der Waals surface area contributed by atoms with Gasteiger partial charge in [0.05, 0.1) is 0 Å². The number of hydrogen-bond acceptors (Lipinski definition) is 7. The molecule has 1 aromatic carbocycles. The standard InChI is InChI=1S/C31H45F2N5O4/c1-30(2,3)42-29(41)34-18-21-16-31(17-21)8-12-37(13-9-31)19-20-6-10-38(11-7-20)27-23(32)14-22(15-24(27)33)35-25-4-5-26(39)36-28(25)40/h14-15,20-21,25,35H,4-13,16-19H2,1-3H3,(H,34,41)(H,36,39,40). The third-order valence-corrected chi connectivity index (χ3v) is 9.34. The first-order valence-corrected chi connectivity index (χ1v) is 15.4. The molecule has 4 fully saturated rings. The number of carbonyl (C=O) groups excluding carboxylic acids is 3. The van der Waals surface area contributed by atoms with Gasteiger partial charge in [0.25, 0.3) is 0 Å². The number of alkyl carbamates (subject to hydrolysis) is 1. The Morgan fingerprint density at radius 1 is 1.02 bits per heavy atom. The maximum absolute atomic E-state index is 15.1. The number of anilines is 2. The summed E-state index contributed by atoms with van der Waals surface area (Å²) < 4.78 is 35.5. The molecule has 1 spiro atoms. The zero-order valence-electron chi connectivity index (χ0n) is 25.1. The molecular formula is C31H45F2N5O4. The lowest BCUT2D eigenvalue weighted by Crippen LogP contribution is -2.51. The molecule has 3 N–H and O–H groups in total. The quantitative estimate of drug-likeness (QED) is 0.405. The largest absolute Gasteiger partial charge is 0.444 e. The second kappa shape index (κ2) is 12.3. The van der Waals surface area contributed by atoms with Crippen molar-refractivity contribution in [2.75, 3.05) is 49.5 Å². The summed E-state index contributed by atoms with van der Waals surface area (Å²) in [4.78, 5) is 39.6. The molecule has 0 radical (unpaired) electrons. The Bertz CT molecular complexity index is 1140. The molecule has 1 unspecified atom stereocenters. The average molecular weight is 590 g/mol. The van der Waals surface area contributed by atoms with E-state index in [0.717, 1.165) is 45.3 Å². The number of rotatable bonds is 7. The number of halogens is 2. The van der Waals surface area contributed by atoms with Crippen molar-refractivity contribution in [3.8, 4) is 0 Å². The molecule has 3 heterocycles. The van der Waals surface area contributed by atoms with E-state index in [1.165, 1.54) is 25.0 Å². The molecule has 11 heteroatoms. The zero-order chi connectivity index (χ0) is 30.1. The van der Waals surface area contributed by atoms with Crippen molar-refractivity contribution in [2.24, 2.45) is 17.3 Å². The number of likely N-dealkylation sites (tertiary alicyclic amines) is 1. The topological polar surface area (TPSA) is 103 Å². The fourth-order valence-corrected chi connectivity index (χ4v) is 7.16. The van der Waals surface area contributed by atoms with Gasteiger partial charge in [-0.1, -0.05) is 0 Å². The molecule has 1 aromatic rings. The zero-order valence-corrected chi connectivity index (χ0v) is 25.1. The average Bonchev–Trinajstić information content (AvgIpc) is 2.88. The smallest absolute Gasteiger partial charge is 0.407 e. The van der Waals surface area contributed by atoms with Gasteiger partial charge in [0.1, 0.15) is 17.3 Å². The molecule has 232 valence electrons. The number of ether oxygens (including phenoxy) is 1. The predicted octanol–water partition coefficient (Wildman–Crippen LogP) is 4.42. The Hall–Kier alpha value is -2.95. The summed E-state index contributed by atoms with van der Waals surface area (Å²) in [5, 5.41) is 8.02. The summed E-state index contributed by atoms with van der Waals surface area (Å²) in [6.45, 7) is 10.7. The maximum Gasteiger partial charge on any atom is 0.407 e. The number of nitrogens with zero attached hydrogens (tertiary/aromatic N) is 2. The minimum absolute atomic E-state index is 0.0112. The van der Waals surface area contributed by atoms with Crippen LogP contribution in [0.1, 0.15) is 72.1 Å². The molecule has 1 aliphatic carbocycles. The van der Waals surface area contributed by atoms with Crippen LogP contribution in [0.3, 0.4) is 0 Å². The lowest BCUT2D eigenvalue weighted by atomic mass is 9.57. The lowest BCUT2D eigenvalue weighted by molar-refractivity contribution is -0.133. The molecule has 1 atom stereocenters. The molecule has 3 saturated heterocycles. The lowest BCUT2D eigenvalue weighted by Gasteiger charge is -2.53. The van der Waals surface area contributed by atoms with Gasteiger partial charge in [-0.25, -0.2) is 13.6 Å². The van der Waals surface area contributed by atoms with E-state index >= 15 is 8.78 Å². The molecule has 0 aromatic heterocycles. The highest BCUT2D eigenvalue weighted by Crippen LogP contribution is 2.52. The van der Waals surface area contributed by atoms with Gasteiger partial charge in [-0.15, -0.1) is 0 Å². The summed E-state index contributed by atoms with van der Waals surface area (Å²) in [7, 11) is 0. The van der Waals surface area contributed by atoms with E-state index in [9.17, 15) is 14.4 Å². The second-order valence-corrected chi connectivity index (χ2v) is 13.8. The van der Waals surface area contributed by atoms with Crippen LogP contribution in [0.5, 0.6) is 0 Å². The van der Waals surface area contributed by atoms with Gasteiger partial charge in [-0.3, -0.25) is 14.9 Å². The molecule has 42 heavy (non-hydrogen) atoms. The van der Waals surface area contributed by atoms with Gasteiger partial charge < -0.3 is 25.2 Å². The molecule has 0 bridgehead atoms. The van der Waals surface area contributed by atoms with Crippen LogP contribution in [0.4, 0.5) is 25.0 Å². The van der Waals surface area contributed by atoms with Crippen molar-refractivity contribution < 1.29 is 27.9 Å². The van der Waals surface area contributed by atoms with E-state index in [1.54, 1.807) is 4.90 Å². The number of nitrogens with one attached hydrogen (secondary N) is 3. The van der Waals surface area contributed by atoms with Gasteiger partial charge >= 0.3 is 6.09 Å². The molecule has 3 aliphatic heterocycles. The summed E-state index contributed by atoms with van der Waals surface area (Å²) in [5.41, 5.74) is 0.111. The number of hydrogen-bond donors (Lipinski definition) is 3. The third-order valence-electron chi connectivity index (χ3n) is 9.34. The Labute approximate surface area is 247 Å². The third kappa shape index (κ3) is 7.51. The maximum atomic E-state index is 15.1. The van der Waals surface area contributed by atoms with E-state index in [0.29, 0.717) is 36.9 Å². The minimum Gasteiger partial charge on any atom is -0.444 e. The van der Waals surface area contributed by atoms with Crippen molar-refractivity contribution >= 4 is 29.3 Å². The van der Waals surface area contributed by atoms with Crippen LogP contribution < -0.4 is 20.9 Å². The SMILES string of the molecule is CC(C)(C)OC(=O)NCC1CC2(CCN(CC3CCN(c4c(F)cc(NC5CCC(=O)NC5=O)cc4F)CC3)CC2)C1. The molecular weight excluding hydrogens is 544 g/mol. The number of carbonyl (C=O) groups is 3. The number of benzene rings is 1. The van der Waals surface area contributed by atoms with Crippen LogP contribution in [0.2, 0.25) is 0 Å². The van der Waals surface area contributed by atoms with Gasteiger partial charge in [-0.2, -0.15) is 0 Å². The Morgan fingerprint density at radius 3 is 2.26 bits per heavy atom. The normalized spacial score (nSPS) is 23.8. The van der Waals surface area contributed by atoms with Crippen LogP contribution in [-0.4, -0.2) is 73.7 Å². The molecule has 4 aliphatic rings. The van der Waals surface area contributed by atoms with E-state index in [4.69, 9.17) is 4.74 Å². The molecule has 3 amide bonds. The van der Waals surface area contributed by atoms with Crippen molar-refractivity contribution in [2.45, 2.75) is 83.8 Å². The fourth-order valence-electron chi connectivity index (χ4n) is 7.16. The number of piperidine rings is 3. The Kier molecular flexibility index (Phi) is 8.97. The highest BCUT2D eigenvalue weighted by Gasteiger charge is 2.45. The number of imide groups is 1. The predicted molar refractivity (Wildman–Crippen MR) is 156 cm³/mol. The van der Waals surface area contributed by atoms with Gasteiger partial charge in [0, 0.05) is 38.3 Å². The second-order valence-electron chi connectivity index (χ2n) is 13.8. The summed E-state index contributed by atoms with van der Waals surface area (Å²) >= 11 is 0. The van der Waals surface area contributed by atoms with Crippen LogP contribution in [-0.2, 0) is 14.3 Å². The fraction of sp³-hybridized carbons (Fsp3) is 0.710. The molecule has 1 saturated carbocycles. The highest BCUT2D eigenvalue weighted by atomic mass is 19.1. The van der Waals surface area contributed by atoms with Gasteiger partial charge in [0.2, 0.25) is 11.8 Å². The van der Waals surface area contributed by atoms with Crippen LogP contribution in [0.15, 0.2) is 12.1 Å². The first kappa shape index (κ1) is 30.5. The van der Waals surface area contributed by atoms with Crippen molar-refractivity contribution in [1.29, 1.82) is 0 Å². The monoisotopic (exact) mass is 589 g/mol. The molecule has 9 nitrogen and oxygen atoms in total. The summed E-state index contributed by atoms with van der Waals surface area (Å²) in [6, 6.07) is 1.77. The van der Waals surface area contributed by atoms with Crippen molar-refractivity contribution in [3.63, 3.8) is 0 Å². The number of amides is 3. The van der Waals surface area contributed by atoms with Crippen molar-refractivity contribution in [1.82, 2.24) is 15.5 Å². The van der Waals surface area contributed by atoms with E-state index in [1.807, 2.05) is 20.8 Å². The van der Waals surface area contributed by atoms with Crippen molar-refractivity contribution in [3.05, 3.63) is 23.8 Å². The van der Waals surface area contributed by atoms with E-state index in [2.05, 4.69) is 20.9 Å². The van der Waals surface area contributed by atoms with Gasteiger partial charge in [0.15, 0.2) is 11.6 Å². The molecule has 5 rings (SSSR count). The van der Waals surface area contributed by atoms with Crippen LogP contribution >= 0.6 is 0 Å². The minimum atomic E-state index is -0.695. The van der Waals surface area contributed by atoms with E-state index < -0.39 is 29.2 Å². The van der Waals surface area contributed by atoms with E-state index in [-0.39, 0.29) is 36.2 Å².